The van der Waals surface area contributed by atoms with Gasteiger partial charge in [0.05, 0.1) is 0 Å². The van der Waals surface area contributed by atoms with Gasteiger partial charge in [-0.1, -0.05) is 170 Å². The van der Waals surface area contributed by atoms with Gasteiger partial charge >= 0.3 is 0 Å². The lowest BCUT2D eigenvalue weighted by molar-refractivity contribution is 1.64. The summed E-state index contributed by atoms with van der Waals surface area (Å²) in [5, 5.41) is 18.1. The van der Waals surface area contributed by atoms with Gasteiger partial charge in [-0.05, 0) is 121 Å². The van der Waals surface area contributed by atoms with Gasteiger partial charge in [-0.25, -0.2) is 0 Å². The largest absolute Gasteiger partial charge is 0.0616 e. The van der Waals surface area contributed by atoms with Crippen LogP contribution >= 0.6 is 0 Å². The van der Waals surface area contributed by atoms with Crippen molar-refractivity contribution in [1.82, 2.24) is 0 Å². The minimum atomic E-state index is 1.23. The van der Waals surface area contributed by atoms with Crippen molar-refractivity contribution in [3.05, 3.63) is 182 Å². The van der Waals surface area contributed by atoms with Crippen LogP contribution in [0.2, 0.25) is 0 Å². The second-order valence-corrected chi connectivity index (χ2v) is 13.6. The maximum Gasteiger partial charge on any atom is -0.00199 e. The van der Waals surface area contributed by atoms with E-state index in [1.807, 2.05) is 0 Å². The lowest BCUT2D eigenvalue weighted by Crippen LogP contribution is -1.93. The van der Waals surface area contributed by atoms with E-state index in [4.69, 9.17) is 0 Å². The minimum Gasteiger partial charge on any atom is -0.0616 e. The lowest BCUT2D eigenvalue weighted by atomic mass is 9.83. The molecule has 0 spiro atoms. The van der Waals surface area contributed by atoms with Crippen LogP contribution in [0.5, 0.6) is 0 Å². The molecule has 50 heavy (non-hydrogen) atoms. The highest BCUT2D eigenvalue weighted by Crippen LogP contribution is 2.47. The summed E-state index contributed by atoms with van der Waals surface area (Å²) < 4.78 is 0. The quantitative estimate of drug-likeness (QED) is 0.135. The summed E-state index contributed by atoms with van der Waals surface area (Å²) in [4.78, 5) is 0. The van der Waals surface area contributed by atoms with E-state index in [0.29, 0.717) is 0 Å². The van der Waals surface area contributed by atoms with Crippen LogP contribution in [-0.4, -0.2) is 0 Å². The molecule has 0 radical (unpaired) electrons. The lowest BCUT2D eigenvalue weighted by Gasteiger charge is -2.20. The third kappa shape index (κ3) is 3.88. The zero-order valence-corrected chi connectivity index (χ0v) is 27.3. The van der Waals surface area contributed by atoms with Gasteiger partial charge in [0.25, 0.3) is 0 Å². The van der Waals surface area contributed by atoms with Gasteiger partial charge in [0.15, 0.2) is 0 Å². The first-order valence-electron chi connectivity index (χ1n) is 17.4. The monoisotopic (exact) mass is 630 g/mol. The van der Waals surface area contributed by atoms with Gasteiger partial charge in [-0.15, -0.1) is 0 Å². The predicted molar refractivity (Wildman–Crippen MR) is 216 cm³/mol. The average Bonchev–Trinajstić information content (AvgIpc) is 3.19. The van der Waals surface area contributed by atoms with Crippen LogP contribution in [0.15, 0.2) is 182 Å². The zero-order chi connectivity index (χ0) is 32.8. The number of hydrogen-bond donors (Lipinski definition) is 0. The van der Waals surface area contributed by atoms with Crippen LogP contribution in [0.4, 0.5) is 0 Å². The normalized spacial score (nSPS) is 12.0. The summed E-state index contributed by atoms with van der Waals surface area (Å²) in [6.45, 7) is 0. The Morgan fingerprint density at radius 3 is 1.44 bits per heavy atom. The fourth-order valence-corrected chi connectivity index (χ4v) is 8.82. The van der Waals surface area contributed by atoms with Gasteiger partial charge in [0.2, 0.25) is 0 Å². The number of hydrogen-bond acceptors (Lipinski definition) is 0. The first-order valence-corrected chi connectivity index (χ1v) is 17.4. The zero-order valence-electron chi connectivity index (χ0n) is 27.3. The third-order valence-electron chi connectivity index (χ3n) is 11.0. The molecule has 0 atom stereocenters. The molecule has 0 aromatic heterocycles. The molecule has 0 heteroatoms. The molecule has 0 aliphatic rings. The van der Waals surface area contributed by atoms with Crippen LogP contribution in [0.1, 0.15) is 0 Å². The molecule has 0 bridgehead atoms. The Hall–Kier alpha value is -6.50. The van der Waals surface area contributed by atoms with E-state index in [1.165, 1.54) is 109 Å². The van der Waals surface area contributed by atoms with Crippen molar-refractivity contribution in [2.75, 3.05) is 0 Å². The molecule has 0 saturated carbocycles. The summed E-state index contributed by atoms with van der Waals surface area (Å²) in [5.74, 6) is 0. The van der Waals surface area contributed by atoms with Crippen LogP contribution in [0.3, 0.4) is 0 Å². The highest BCUT2D eigenvalue weighted by molar-refractivity contribution is 6.27. The molecular formula is C50H30. The molecule has 0 aliphatic heterocycles. The topological polar surface area (TPSA) is 0 Å². The minimum absolute atomic E-state index is 1.23. The van der Waals surface area contributed by atoms with Gasteiger partial charge in [0, 0.05) is 0 Å². The summed E-state index contributed by atoms with van der Waals surface area (Å²) in [7, 11) is 0. The summed E-state index contributed by atoms with van der Waals surface area (Å²) >= 11 is 0. The van der Waals surface area contributed by atoms with E-state index in [9.17, 15) is 0 Å². The van der Waals surface area contributed by atoms with Gasteiger partial charge in [-0.2, -0.15) is 0 Å². The fourth-order valence-electron chi connectivity index (χ4n) is 8.82. The number of rotatable bonds is 3. The van der Waals surface area contributed by atoms with E-state index in [0.717, 1.165) is 0 Å². The Labute approximate surface area is 289 Å². The van der Waals surface area contributed by atoms with E-state index in [2.05, 4.69) is 182 Å². The molecule has 11 rings (SSSR count). The SMILES string of the molecule is c1cc(-c2c3ccccc3c(-c3cc4ccccc4c4ccccc34)c3ccccc23)cc(-c2ccc3ccc4cccc5ccc2c3c45)c1. The van der Waals surface area contributed by atoms with E-state index in [-0.39, 0.29) is 0 Å². The van der Waals surface area contributed by atoms with Crippen LogP contribution in [0.25, 0.3) is 109 Å². The van der Waals surface area contributed by atoms with Crippen LogP contribution in [0, 0.1) is 0 Å². The maximum absolute atomic E-state index is 2.41. The van der Waals surface area contributed by atoms with Crippen molar-refractivity contribution in [2.24, 2.45) is 0 Å². The molecular weight excluding hydrogens is 601 g/mol. The number of benzene rings is 11. The van der Waals surface area contributed by atoms with Gasteiger partial charge in [0.1, 0.15) is 0 Å². The molecule has 11 aromatic rings. The fraction of sp³-hybridized carbons (Fsp3) is 0. The molecule has 0 aliphatic carbocycles. The Kier molecular flexibility index (Phi) is 5.76. The van der Waals surface area contributed by atoms with Crippen molar-refractivity contribution < 1.29 is 0 Å². The molecule has 0 unspecified atom stereocenters. The Morgan fingerprint density at radius 2 is 0.720 bits per heavy atom. The molecule has 230 valence electrons. The Morgan fingerprint density at radius 1 is 0.220 bits per heavy atom. The van der Waals surface area contributed by atoms with Gasteiger partial charge < -0.3 is 0 Å². The van der Waals surface area contributed by atoms with Crippen LogP contribution in [-0.2, 0) is 0 Å². The Balaban J connectivity index is 1.20. The standard InChI is InChI=1S/C50H30/c1-2-16-37-35(11-1)30-46(40-18-4-3-17-39(37)40)50-43-21-7-5-19-41(43)48(42-20-6-8-22-44(42)50)36-15-10-14-34(29-36)38-27-25-33-24-23-31-12-9-13-32-26-28-45(38)49(33)47(31)32/h1-30H. The van der Waals surface area contributed by atoms with E-state index >= 15 is 0 Å². The maximum atomic E-state index is 2.41. The highest BCUT2D eigenvalue weighted by atomic mass is 14.2. The van der Waals surface area contributed by atoms with Gasteiger partial charge in [-0.3, -0.25) is 0 Å². The first kappa shape index (κ1) is 27.5. The second kappa shape index (κ2) is 10.5. The summed E-state index contributed by atoms with van der Waals surface area (Å²) in [6, 6.07) is 67.6. The van der Waals surface area contributed by atoms with E-state index < -0.39 is 0 Å². The smallest absolute Gasteiger partial charge is 0.00199 e. The van der Waals surface area contributed by atoms with Crippen LogP contribution < -0.4 is 0 Å². The molecule has 0 fully saturated rings. The Bertz CT molecular complexity index is 3070. The van der Waals surface area contributed by atoms with Crippen molar-refractivity contribution in [2.45, 2.75) is 0 Å². The average molecular weight is 631 g/mol. The van der Waals surface area contributed by atoms with E-state index in [1.54, 1.807) is 0 Å². The molecule has 0 nitrogen and oxygen atoms in total. The highest BCUT2D eigenvalue weighted by Gasteiger charge is 2.20. The molecule has 0 heterocycles. The van der Waals surface area contributed by atoms with Crippen molar-refractivity contribution in [1.29, 1.82) is 0 Å². The van der Waals surface area contributed by atoms with Crippen molar-refractivity contribution in [3.8, 4) is 33.4 Å². The number of fused-ring (bicyclic) bond motifs is 5. The molecule has 11 aromatic carbocycles. The van der Waals surface area contributed by atoms with Crippen molar-refractivity contribution >= 4 is 75.4 Å². The molecule has 0 saturated heterocycles. The molecule has 0 N–H and O–H groups in total. The third-order valence-corrected chi connectivity index (χ3v) is 11.0. The predicted octanol–water partition coefficient (Wildman–Crippen LogP) is 14.2. The molecule has 0 amide bonds. The summed E-state index contributed by atoms with van der Waals surface area (Å²) in [5.41, 5.74) is 7.59. The first-order chi connectivity index (χ1) is 24.8. The van der Waals surface area contributed by atoms with Crippen molar-refractivity contribution in [3.63, 3.8) is 0 Å². The second-order valence-electron chi connectivity index (χ2n) is 13.6. The summed E-state index contributed by atoms with van der Waals surface area (Å²) in [6.07, 6.45) is 0.